The third-order valence-electron chi connectivity index (χ3n) is 1.65. The molecule has 0 spiro atoms. The number of hydrogen-bond acceptors (Lipinski definition) is 4. The molecule has 0 aliphatic rings. The maximum atomic E-state index is 10.9. The zero-order valence-corrected chi connectivity index (χ0v) is 8.45. The average molecular weight is 189 g/mol. The maximum absolute atomic E-state index is 10.9. The largest absolute Gasteiger partial charge is 0.466 e. The fraction of sp³-hybridized carbons (Fsp3) is 0.889. The van der Waals surface area contributed by atoms with Crippen LogP contribution >= 0.6 is 0 Å². The molecular formula is C9H19NO3. The smallest absolute Gasteiger partial charge is 0.307 e. The van der Waals surface area contributed by atoms with Gasteiger partial charge in [-0.25, -0.2) is 0 Å². The quantitative estimate of drug-likeness (QED) is 0.486. The van der Waals surface area contributed by atoms with E-state index in [0.717, 1.165) is 12.8 Å². The first-order chi connectivity index (χ1) is 6.20. The third kappa shape index (κ3) is 7.74. The minimum Gasteiger partial charge on any atom is -0.466 e. The Bertz CT molecular complexity index is 139. The highest BCUT2D eigenvalue weighted by Gasteiger charge is 2.05. The molecule has 0 unspecified atom stereocenters. The number of nitrogens with zero attached hydrogens (tertiary/aromatic N) is 1. The predicted molar refractivity (Wildman–Crippen MR) is 49.5 cm³/mol. The van der Waals surface area contributed by atoms with Gasteiger partial charge >= 0.3 is 5.97 Å². The van der Waals surface area contributed by atoms with E-state index in [-0.39, 0.29) is 12.4 Å². The number of carbonyl (C=O) groups is 1. The van der Waals surface area contributed by atoms with Crippen molar-refractivity contribution in [2.24, 2.45) is 0 Å². The summed E-state index contributed by atoms with van der Waals surface area (Å²) in [7, 11) is 0. The molecule has 0 rings (SSSR count). The summed E-state index contributed by atoms with van der Waals surface area (Å²) in [6.07, 6.45) is 2.24. The van der Waals surface area contributed by atoms with Crippen molar-refractivity contribution in [1.29, 1.82) is 0 Å². The summed E-state index contributed by atoms with van der Waals surface area (Å²) in [5.74, 6) is -0.252. The zero-order valence-electron chi connectivity index (χ0n) is 8.45. The molecule has 78 valence electrons. The minimum atomic E-state index is -0.252. The molecule has 0 radical (unpaired) electrons. The minimum absolute atomic E-state index is 0.252. The normalized spacial score (nSPS) is 10.5. The lowest BCUT2D eigenvalue weighted by Gasteiger charge is -2.12. The second-order valence-corrected chi connectivity index (χ2v) is 2.86. The molecule has 0 atom stereocenters. The fourth-order valence-corrected chi connectivity index (χ4v) is 0.906. The summed E-state index contributed by atoms with van der Waals surface area (Å²) in [6, 6.07) is 0. The van der Waals surface area contributed by atoms with Crippen LogP contribution in [-0.2, 0) is 9.53 Å². The monoisotopic (exact) mass is 189 g/mol. The van der Waals surface area contributed by atoms with Crippen molar-refractivity contribution in [3.05, 3.63) is 0 Å². The molecule has 0 heterocycles. The molecular weight excluding hydrogens is 170 g/mol. The van der Waals surface area contributed by atoms with Gasteiger partial charge in [-0.3, -0.25) is 4.79 Å². The molecule has 0 aromatic carbocycles. The first-order valence-corrected chi connectivity index (χ1v) is 4.80. The van der Waals surface area contributed by atoms with Gasteiger partial charge in [-0.05, 0) is 13.3 Å². The molecule has 0 aliphatic heterocycles. The molecule has 0 amide bonds. The molecule has 4 nitrogen and oxygen atoms in total. The van der Waals surface area contributed by atoms with Crippen molar-refractivity contribution in [2.45, 2.75) is 33.1 Å². The topological polar surface area (TPSA) is 49.8 Å². The van der Waals surface area contributed by atoms with Crippen LogP contribution < -0.4 is 0 Å². The summed E-state index contributed by atoms with van der Waals surface area (Å²) in [6.45, 7) is 5.21. The zero-order chi connectivity index (χ0) is 10.1. The molecule has 0 aliphatic carbocycles. The first kappa shape index (κ1) is 12.4. The molecule has 0 saturated heterocycles. The van der Waals surface area contributed by atoms with Gasteiger partial charge < -0.3 is 9.94 Å². The van der Waals surface area contributed by atoms with E-state index in [1.54, 1.807) is 6.92 Å². The number of unbranched alkanes of at least 4 members (excludes halogenated alkanes) is 1. The number of rotatable bonds is 7. The number of carbonyl (C=O) groups excluding carboxylic acids is 1. The Morgan fingerprint density at radius 2 is 2.08 bits per heavy atom. The van der Waals surface area contributed by atoms with Gasteiger partial charge in [0.15, 0.2) is 0 Å². The van der Waals surface area contributed by atoms with Crippen LogP contribution in [-0.4, -0.2) is 35.9 Å². The van der Waals surface area contributed by atoms with E-state index in [2.05, 4.69) is 6.92 Å². The lowest BCUT2D eigenvalue weighted by Crippen LogP contribution is -2.24. The van der Waals surface area contributed by atoms with Crippen molar-refractivity contribution in [3.8, 4) is 0 Å². The van der Waals surface area contributed by atoms with Crippen LogP contribution in [0, 0.1) is 0 Å². The summed E-state index contributed by atoms with van der Waals surface area (Å²) >= 11 is 0. The maximum Gasteiger partial charge on any atom is 0.307 e. The Balaban J connectivity index is 3.34. The summed E-state index contributed by atoms with van der Waals surface area (Å²) < 4.78 is 4.72. The number of hydroxylamine groups is 2. The van der Waals surface area contributed by atoms with Crippen LogP contribution in [0.15, 0.2) is 0 Å². The second kappa shape index (κ2) is 8.01. The van der Waals surface area contributed by atoms with Gasteiger partial charge in [0, 0.05) is 13.1 Å². The highest BCUT2D eigenvalue weighted by molar-refractivity contribution is 5.69. The van der Waals surface area contributed by atoms with E-state index in [1.165, 1.54) is 5.06 Å². The van der Waals surface area contributed by atoms with Gasteiger partial charge in [0.05, 0.1) is 13.0 Å². The lowest BCUT2D eigenvalue weighted by atomic mass is 10.3. The Morgan fingerprint density at radius 3 is 2.62 bits per heavy atom. The number of esters is 1. The second-order valence-electron chi connectivity index (χ2n) is 2.86. The molecule has 0 fully saturated rings. The molecule has 0 aromatic rings. The molecule has 0 saturated carbocycles. The van der Waals surface area contributed by atoms with Crippen molar-refractivity contribution < 1.29 is 14.7 Å². The number of hydrogen-bond donors (Lipinski definition) is 1. The fourth-order valence-electron chi connectivity index (χ4n) is 0.906. The summed E-state index contributed by atoms with van der Waals surface area (Å²) in [5.41, 5.74) is 0. The average Bonchev–Trinajstić information content (AvgIpc) is 2.12. The third-order valence-corrected chi connectivity index (χ3v) is 1.65. The molecule has 0 aromatic heterocycles. The standard InChI is InChI=1S/C9H19NO3/c1-3-5-7-10(12)8-6-9(11)13-4-2/h12H,3-8H2,1-2H3. The van der Waals surface area contributed by atoms with Crippen LogP contribution in [0.4, 0.5) is 0 Å². The van der Waals surface area contributed by atoms with E-state index in [4.69, 9.17) is 4.74 Å². The van der Waals surface area contributed by atoms with Gasteiger partial charge in [-0.15, -0.1) is 0 Å². The van der Waals surface area contributed by atoms with E-state index < -0.39 is 0 Å². The highest BCUT2D eigenvalue weighted by Crippen LogP contribution is 1.94. The van der Waals surface area contributed by atoms with Crippen LogP contribution in [0.25, 0.3) is 0 Å². The van der Waals surface area contributed by atoms with Crippen molar-refractivity contribution in [1.82, 2.24) is 5.06 Å². The SMILES string of the molecule is CCCCN(O)CCC(=O)OCC. The van der Waals surface area contributed by atoms with Gasteiger partial charge in [0.1, 0.15) is 0 Å². The Labute approximate surface area is 79.4 Å². The van der Waals surface area contributed by atoms with Gasteiger partial charge in [-0.1, -0.05) is 13.3 Å². The van der Waals surface area contributed by atoms with Crippen LogP contribution in [0.1, 0.15) is 33.1 Å². The van der Waals surface area contributed by atoms with E-state index >= 15 is 0 Å². The van der Waals surface area contributed by atoms with E-state index in [0.29, 0.717) is 19.7 Å². The summed E-state index contributed by atoms with van der Waals surface area (Å²) in [4.78, 5) is 10.9. The van der Waals surface area contributed by atoms with Crippen LogP contribution in [0.3, 0.4) is 0 Å². The Hall–Kier alpha value is -0.610. The molecule has 0 bridgehead atoms. The highest BCUT2D eigenvalue weighted by atomic mass is 16.5. The van der Waals surface area contributed by atoms with Crippen molar-refractivity contribution in [2.75, 3.05) is 19.7 Å². The van der Waals surface area contributed by atoms with Gasteiger partial charge in [-0.2, -0.15) is 5.06 Å². The van der Waals surface area contributed by atoms with Crippen molar-refractivity contribution in [3.63, 3.8) is 0 Å². The van der Waals surface area contributed by atoms with Gasteiger partial charge in [0.2, 0.25) is 0 Å². The van der Waals surface area contributed by atoms with Crippen molar-refractivity contribution >= 4 is 5.97 Å². The van der Waals surface area contributed by atoms with E-state index in [1.807, 2.05) is 0 Å². The summed E-state index contributed by atoms with van der Waals surface area (Å²) in [5, 5.41) is 10.4. The lowest BCUT2D eigenvalue weighted by molar-refractivity contribution is -0.148. The predicted octanol–water partition coefficient (Wildman–Crippen LogP) is 1.43. The van der Waals surface area contributed by atoms with Crippen LogP contribution in [0.2, 0.25) is 0 Å². The Kier molecular flexibility index (Phi) is 7.63. The number of ether oxygens (including phenoxy) is 1. The molecule has 1 N–H and O–H groups in total. The van der Waals surface area contributed by atoms with Gasteiger partial charge in [0.25, 0.3) is 0 Å². The Morgan fingerprint density at radius 1 is 1.38 bits per heavy atom. The molecule has 4 heteroatoms. The van der Waals surface area contributed by atoms with E-state index in [9.17, 15) is 10.0 Å². The van der Waals surface area contributed by atoms with Crippen LogP contribution in [0.5, 0.6) is 0 Å². The first-order valence-electron chi connectivity index (χ1n) is 4.80. The molecule has 13 heavy (non-hydrogen) atoms.